The molecule has 1 aromatic rings. The second kappa shape index (κ2) is 9.41. The summed E-state index contributed by atoms with van der Waals surface area (Å²) in [7, 11) is 2.07. The van der Waals surface area contributed by atoms with Crippen molar-refractivity contribution in [1.29, 1.82) is 5.26 Å². The molecule has 2 aliphatic carbocycles. The first-order valence-electron chi connectivity index (χ1n) is 13.1. The summed E-state index contributed by atoms with van der Waals surface area (Å²) in [5, 5.41) is 12.8. The number of hydrogen-bond acceptors (Lipinski definition) is 6. The van der Waals surface area contributed by atoms with E-state index >= 15 is 0 Å². The van der Waals surface area contributed by atoms with E-state index < -0.39 is 17.5 Å². The molecule has 0 radical (unpaired) electrons. The van der Waals surface area contributed by atoms with Crippen LogP contribution < -0.4 is 5.32 Å². The molecule has 1 N–H and O–H groups in total. The largest absolute Gasteiger partial charge is 0.369 e. The third-order valence-electron chi connectivity index (χ3n) is 8.67. The summed E-state index contributed by atoms with van der Waals surface area (Å²) in [5.74, 6) is 0.905. The smallest absolute Gasteiger partial charge is 0.236 e. The Morgan fingerprint density at radius 2 is 1.97 bits per heavy atom. The van der Waals surface area contributed by atoms with E-state index in [0.29, 0.717) is 31.9 Å². The summed E-state index contributed by atoms with van der Waals surface area (Å²) in [6.45, 7) is 4.40. The normalized spacial score (nSPS) is 32.6. The molecule has 3 heterocycles. The number of anilines is 1. The number of rotatable bonds is 4. The van der Waals surface area contributed by atoms with E-state index in [9.17, 15) is 14.4 Å². The fraction of sp³-hybridized carbons (Fsp3) is 0.769. The van der Waals surface area contributed by atoms with Crippen molar-refractivity contribution in [2.45, 2.75) is 88.9 Å². The zero-order valence-corrected chi connectivity index (χ0v) is 20.5. The summed E-state index contributed by atoms with van der Waals surface area (Å²) >= 11 is 0. The van der Waals surface area contributed by atoms with Gasteiger partial charge in [-0.3, -0.25) is 4.79 Å². The number of fused-ring (bicyclic) bond motifs is 2. The highest BCUT2D eigenvalue weighted by atomic mass is 19.1. The van der Waals surface area contributed by atoms with E-state index in [1.165, 1.54) is 19.3 Å². The molecule has 1 amide bonds. The van der Waals surface area contributed by atoms with Gasteiger partial charge < -0.3 is 15.1 Å². The fourth-order valence-electron chi connectivity index (χ4n) is 6.79. The zero-order valence-electron chi connectivity index (χ0n) is 20.5. The minimum Gasteiger partial charge on any atom is -0.369 e. The second-order valence-electron chi connectivity index (χ2n) is 11.0. The van der Waals surface area contributed by atoms with Crippen LogP contribution in [0.4, 0.5) is 10.2 Å². The molecule has 4 aliphatic rings. The number of nitriles is 1. The molecule has 1 saturated heterocycles. The lowest BCUT2D eigenvalue weighted by Gasteiger charge is -2.45. The van der Waals surface area contributed by atoms with Crippen LogP contribution in [-0.4, -0.2) is 64.6 Å². The van der Waals surface area contributed by atoms with Crippen LogP contribution in [0.2, 0.25) is 0 Å². The van der Waals surface area contributed by atoms with Gasteiger partial charge >= 0.3 is 0 Å². The summed E-state index contributed by atoms with van der Waals surface area (Å²) in [5.41, 5.74) is 1.26. The molecule has 34 heavy (non-hydrogen) atoms. The highest BCUT2D eigenvalue weighted by molar-refractivity contribution is 5.91. The molecule has 2 saturated carbocycles. The van der Waals surface area contributed by atoms with Gasteiger partial charge in [0, 0.05) is 30.6 Å². The highest BCUT2D eigenvalue weighted by Crippen LogP contribution is 2.44. The van der Waals surface area contributed by atoms with Crippen LogP contribution in [0.1, 0.15) is 74.9 Å². The van der Waals surface area contributed by atoms with Crippen molar-refractivity contribution in [2.24, 2.45) is 11.8 Å². The zero-order chi connectivity index (χ0) is 23.9. The van der Waals surface area contributed by atoms with Crippen molar-refractivity contribution >= 4 is 11.7 Å². The summed E-state index contributed by atoms with van der Waals surface area (Å²) < 4.78 is 14.9. The number of halogens is 1. The Morgan fingerprint density at radius 1 is 1.18 bits per heavy atom. The monoisotopic (exact) mass is 468 g/mol. The van der Waals surface area contributed by atoms with Gasteiger partial charge in [-0.25, -0.2) is 14.4 Å². The second-order valence-corrected chi connectivity index (χ2v) is 11.0. The fourth-order valence-corrected chi connectivity index (χ4v) is 6.79. The van der Waals surface area contributed by atoms with Crippen LogP contribution in [0, 0.1) is 30.1 Å². The molecule has 184 valence electrons. The first kappa shape index (κ1) is 23.5. The summed E-state index contributed by atoms with van der Waals surface area (Å²) in [4.78, 5) is 28.0. The Morgan fingerprint density at radius 3 is 2.68 bits per heavy atom. The van der Waals surface area contributed by atoms with Gasteiger partial charge in [0.1, 0.15) is 23.2 Å². The number of carbonyl (C=O) groups excluding carboxylic acids is 1. The number of likely N-dealkylation sites (tertiary alicyclic amines) is 1. The number of aryl methyl sites for hydroxylation is 1. The number of nitrogens with one attached hydrogen (secondary N) is 1. The number of likely N-dealkylation sites (N-methyl/N-ethyl adjacent to an activating group) is 1. The van der Waals surface area contributed by atoms with Gasteiger partial charge in [0.25, 0.3) is 0 Å². The topological polar surface area (TPSA) is 85.1 Å². The van der Waals surface area contributed by atoms with Crippen molar-refractivity contribution in [3.63, 3.8) is 0 Å². The SMILES string of the molecule is Cc1nc(NCC2CCCC(C#N)C2F)c2c(n1)C1(CCN(C)C1)C(=O)N(C1CCCCC1)C2. The highest BCUT2D eigenvalue weighted by Gasteiger charge is 2.54. The third-order valence-corrected chi connectivity index (χ3v) is 8.67. The number of carbonyl (C=O) groups is 1. The lowest BCUT2D eigenvalue weighted by atomic mass is 9.75. The van der Waals surface area contributed by atoms with Gasteiger partial charge in [-0.1, -0.05) is 25.7 Å². The van der Waals surface area contributed by atoms with Gasteiger partial charge in [0.05, 0.1) is 24.2 Å². The average Bonchev–Trinajstić information content (AvgIpc) is 3.24. The Bertz CT molecular complexity index is 973. The number of alkyl halides is 1. The van der Waals surface area contributed by atoms with Gasteiger partial charge in [-0.15, -0.1) is 0 Å². The first-order valence-corrected chi connectivity index (χ1v) is 13.1. The van der Waals surface area contributed by atoms with Crippen LogP contribution in [0.15, 0.2) is 0 Å². The van der Waals surface area contributed by atoms with Crippen LogP contribution in [0.5, 0.6) is 0 Å². The molecule has 0 aromatic carbocycles. The van der Waals surface area contributed by atoms with Crippen molar-refractivity contribution in [3.05, 3.63) is 17.1 Å². The number of aromatic nitrogens is 2. The summed E-state index contributed by atoms with van der Waals surface area (Å²) in [6.07, 6.45) is 7.66. The number of amides is 1. The van der Waals surface area contributed by atoms with E-state index in [4.69, 9.17) is 9.97 Å². The van der Waals surface area contributed by atoms with E-state index in [1.807, 2.05) is 6.92 Å². The van der Waals surface area contributed by atoms with Crippen LogP contribution in [0.3, 0.4) is 0 Å². The molecular weight excluding hydrogens is 431 g/mol. The minimum atomic E-state index is -1.11. The van der Waals surface area contributed by atoms with Crippen LogP contribution >= 0.6 is 0 Å². The van der Waals surface area contributed by atoms with Gasteiger partial charge in [-0.05, 0) is 52.6 Å². The average molecular weight is 469 g/mol. The maximum atomic E-state index is 14.9. The Labute approximate surface area is 202 Å². The minimum absolute atomic E-state index is 0.199. The molecule has 5 rings (SSSR count). The van der Waals surface area contributed by atoms with Gasteiger partial charge in [0.15, 0.2) is 0 Å². The molecule has 4 unspecified atom stereocenters. The lowest BCUT2D eigenvalue weighted by molar-refractivity contribution is -0.142. The molecule has 3 fully saturated rings. The Balaban J connectivity index is 1.48. The van der Waals surface area contributed by atoms with Crippen molar-refractivity contribution in [2.75, 3.05) is 32.0 Å². The molecular formula is C26H37FN6O. The maximum absolute atomic E-state index is 14.9. The third kappa shape index (κ3) is 4.06. The van der Waals surface area contributed by atoms with Crippen molar-refractivity contribution in [1.82, 2.24) is 19.8 Å². The Kier molecular flexibility index (Phi) is 6.49. The van der Waals surface area contributed by atoms with Crippen LogP contribution in [0.25, 0.3) is 0 Å². The van der Waals surface area contributed by atoms with Gasteiger partial charge in [-0.2, -0.15) is 5.26 Å². The number of hydrogen-bond donors (Lipinski definition) is 1. The molecule has 2 aliphatic heterocycles. The molecule has 1 spiro atoms. The molecule has 4 atom stereocenters. The Hall–Kier alpha value is -2.27. The van der Waals surface area contributed by atoms with Crippen LogP contribution in [-0.2, 0) is 16.8 Å². The lowest BCUT2D eigenvalue weighted by Crippen LogP contribution is -2.56. The molecule has 7 nitrogen and oxygen atoms in total. The first-order chi connectivity index (χ1) is 16.4. The molecule has 1 aromatic heterocycles. The standard InChI is InChI=1S/C26H37FN6O/c1-17-30-23-21(24(31-17)29-14-19-8-6-7-18(13-28)22(19)27)15-33(20-9-4-3-5-10-20)25(34)26(23)11-12-32(2)16-26/h18-20,22H,3-12,14-16H2,1-2H3,(H,29,30,31). The van der Waals surface area contributed by atoms with Crippen molar-refractivity contribution in [3.8, 4) is 6.07 Å². The molecule has 0 bridgehead atoms. The predicted molar refractivity (Wildman–Crippen MR) is 128 cm³/mol. The van der Waals surface area contributed by atoms with E-state index in [2.05, 4.69) is 28.2 Å². The van der Waals surface area contributed by atoms with E-state index in [-0.39, 0.29) is 17.9 Å². The maximum Gasteiger partial charge on any atom is 0.236 e. The predicted octanol–water partition coefficient (Wildman–Crippen LogP) is 3.72. The van der Waals surface area contributed by atoms with E-state index in [0.717, 1.165) is 55.7 Å². The van der Waals surface area contributed by atoms with E-state index in [1.54, 1.807) is 0 Å². The number of nitrogens with zero attached hydrogens (tertiary/aromatic N) is 5. The molecule has 8 heteroatoms. The van der Waals surface area contributed by atoms with Gasteiger partial charge in [0.2, 0.25) is 5.91 Å². The van der Waals surface area contributed by atoms with Crippen molar-refractivity contribution < 1.29 is 9.18 Å². The summed E-state index contributed by atoms with van der Waals surface area (Å²) in [6, 6.07) is 2.42. The quantitative estimate of drug-likeness (QED) is 0.725.